The van der Waals surface area contributed by atoms with E-state index in [0.717, 1.165) is 0 Å². The van der Waals surface area contributed by atoms with Crippen LogP contribution in [0.25, 0.3) is 0 Å². The van der Waals surface area contributed by atoms with Gasteiger partial charge in [-0.3, -0.25) is 10.1 Å². The zero-order valence-electron chi connectivity index (χ0n) is 11.7. The number of urea groups is 1. The number of nitrogens with zero attached hydrogens (tertiary/aromatic N) is 4. The number of hydrogen-bond donors (Lipinski definition) is 1. The van der Waals surface area contributed by atoms with Crippen LogP contribution < -0.4 is 5.32 Å². The van der Waals surface area contributed by atoms with Crippen molar-refractivity contribution in [1.82, 2.24) is 20.0 Å². The van der Waals surface area contributed by atoms with Gasteiger partial charge in [0.15, 0.2) is 0 Å². The van der Waals surface area contributed by atoms with Crippen molar-refractivity contribution in [3.05, 3.63) is 5.01 Å². The maximum absolute atomic E-state index is 12.4. The molecule has 0 aliphatic carbocycles. The Bertz CT molecular complexity index is 562. The van der Waals surface area contributed by atoms with Gasteiger partial charge in [0.25, 0.3) is 0 Å². The summed E-state index contributed by atoms with van der Waals surface area (Å²) in [5.41, 5.74) is 0. The molecule has 1 fully saturated rings. The normalized spacial score (nSPS) is 16.4. The van der Waals surface area contributed by atoms with E-state index in [1.54, 1.807) is 4.90 Å². The van der Waals surface area contributed by atoms with Crippen molar-refractivity contribution < 1.29 is 22.8 Å². The van der Waals surface area contributed by atoms with Crippen molar-refractivity contribution in [3.63, 3.8) is 0 Å². The van der Waals surface area contributed by atoms with Crippen LogP contribution in [0.2, 0.25) is 0 Å². The summed E-state index contributed by atoms with van der Waals surface area (Å²) < 4.78 is 37.2. The second-order valence-corrected chi connectivity index (χ2v) is 5.66. The van der Waals surface area contributed by atoms with Crippen molar-refractivity contribution >= 4 is 28.4 Å². The second kappa shape index (κ2) is 6.46. The lowest BCUT2D eigenvalue weighted by atomic mass is 10.4. The molecule has 1 aliphatic heterocycles. The highest BCUT2D eigenvalue weighted by atomic mass is 32.1. The topological polar surface area (TPSA) is 78.4 Å². The van der Waals surface area contributed by atoms with Crippen molar-refractivity contribution in [3.8, 4) is 0 Å². The van der Waals surface area contributed by atoms with E-state index < -0.39 is 17.2 Å². The Balaban J connectivity index is 1.94. The highest BCUT2D eigenvalue weighted by Gasteiger charge is 2.36. The van der Waals surface area contributed by atoms with Crippen LogP contribution in [0.15, 0.2) is 0 Å². The van der Waals surface area contributed by atoms with E-state index in [0.29, 0.717) is 32.6 Å². The third-order valence-corrected chi connectivity index (χ3v) is 3.99. The number of halogens is 3. The highest BCUT2D eigenvalue weighted by Crippen LogP contribution is 2.33. The van der Waals surface area contributed by atoms with Gasteiger partial charge in [-0.2, -0.15) is 13.2 Å². The van der Waals surface area contributed by atoms with E-state index in [1.807, 2.05) is 0 Å². The number of hydrogen-bond acceptors (Lipinski definition) is 5. The molecule has 1 aliphatic rings. The summed E-state index contributed by atoms with van der Waals surface area (Å²) in [6.45, 7) is 3.13. The number of carbonyl (C=O) groups excluding carboxylic acids is 2. The summed E-state index contributed by atoms with van der Waals surface area (Å²) in [5, 5.41) is 7.30. The Hall–Kier alpha value is -1.91. The average molecular weight is 337 g/mol. The molecule has 1 saturated heterocycles. The Labute approximate surface area is 128 Å². The molecule has 22 heavy (non-hydrogen) atoms. The zero-order valence-corrected chi connectivity index (χ0v) is 12.5. The molecule has 1 aromatic rings. The molecule has 1 N–H and O–H groups in total. The van der Waals surface area contributed by atoms with Gasteiger partial charge in [0.05, 0.1) is 0 Å². The molecule has 1 aromatic heterocycles. The highest BCUT2D eigenvalue weighted by molar-refractivity contribution is 7.15. The van der Waals surface area contributed by atoms with Gasteiger partial charge in [0.1, 0.15) is 0 Å². The third kappa shape index (κ3) is 4.06. The van der Waals surface area contributed by atoms with Gasteiger partial charge in [-0.25, -0.2) is 4.79 Å². The molecule has 7 nitrogen and oxygen atoms in total. The molecule has 122 valence electrons. The monoisotopic (exact) mass is 337 g/mol. The van der Waals surface area contributed by atoms with Crippen LogP contribution in [-0.4, -0.2) is 58.1 Å². The van der Waals surface area contributed by atoms with Gasteiger partial charge in [0.2, 0.25) is 16.0 Å². The van der Waals surface area contributed by atoms with Gasteiger partial charge in [0, 0.05) is 33.1 Å². The van der Waals surface area contributed by atoms with Crippen LogP contribution in [0.5, 0.6) is 0 Å². The van der Waals surface area contributed by atoms with Crippen LogP contribution in [0.3, 0.4) is 0 Å². The van der Waals surface area contributed by atoms with Crippen molar-refractivity contribution in [1.29, 1.82) is 0 Å². The van der Waals surface area contributed by atoms with Gasteiger partial charge < -0.3 is 9.80 Å². The van der Waals surface area contributed by atoms with Crippen molar-refractivity contribution in [2.45, 2.75) is 19.5 Å². The summed E-state index contributed by atoms with van der Waals surface area (Å²) in [5.74, 6) is -0.0683. The minimum atomic E-state index is -4.58. The summed E-state index contributed by atoms with van der Waals surface area (Å²) in [7, 11) is 0. The number of carbonyl (C=O) groups is 2. The first-order valence-corrected chi connectivity index (χ1v) is 7.31. The van der Waals surface area contributed by atoms with E-state index in [9.17, 15) is 22.8 Å². The van der Waals surface area contributed by atoms with Crippen LogP contribution in [0, 0.1) is 0 Å². The molecule has 2 heterocycles. The van der Waals surface area contributed by atoms with Gasteiger partial charge in [-0.05, 0) is 6.42 Å². The van der Waals surface area contributed by atoms with Crippen LogP contribution in [-0.2, 0) is 11.0 Å². The Kier molecular flexibility index (Phi) is 4.84. The van der Waals surface area contributed by atoms with Gasteiger partial charge >= 0.3 is 12.2 Å². The zero-order chi connectivity index (χ0) is 16.3. The molecule has 0 unspecified atom stereocenters. The summed E-state index contributed by atoms with van der Waals surface area (Å²) in [6, 6.07) is -0.546. The molecular weight excluding hydrogens is 323 g/mol. The molecular formula is C11H14F3N5O2S. The predicted octanol–water partition coefficient (Wildman–Crippen LogP) is 1.64. The van der Waals surface area contributed by atoms with Crippen molar-refractivity contribution in [2.75, 3.05) is 31.5 Å². The Morgan fingerprint density at radius 3 is 2.36 bits per heavy atom. The standard InChI is InChI=1S/C11H14F3N5O2S/c1-7(20)18-3-2-4-19(6-5-18)10(21)15-9-17-16-8(22-9)11(12,13)14/h2-6H2,1H3,(H,15,17,21). The lowest BCUT2D eigenvalue weighted by Crippen LogP contribution is -2.38. The molecule has 0 atom stereocenters. The smallest absolute Gasteiger partial charge is 0.341 e. The minimum Gasteiger partial charge on any atom is -0.341 e. The van der Waals surface area contributed by atoms with E-state index in [4.69, 9.17) is 0 Å². The first-order valence-electron chi connectivity index (χ1n) is 6.49. The summed E-state index contributed by atoms with van der Waals surface area (Å²) >= 11 is 0.272. The number of nitrogens with one attached hydrogen (secondary N) is 1. The summed E-state index contributed by atoms with van der Waals surface area (Å²) in [6.07, 6.45) is -3.97. The molecule has 0 bridgehead atoms. The van der Waals surface area contributed by atoms with Gasteiger partial charge in [-0.15, -0.1) is 10.2 Å². The number of anilines is 1. The SMILES string of the molecule is CC(=O)N1CCCN(C(=O)Nc2nnc(C(F)(F)F)s2)CC1. The number of aromatic nitrogens is 2. The second-order valence-electron chi connectivity index (χ2n) is 4.69. The first kappa shape index (κ1) is 16.5. The van der Waals surface area contributed by atoms with E-state index in [2.05, 4.69) is 15.5 Å². The fraction of sp³-hybridized carbons (Fsp3) is 0.636. The van der Waals surface area contributed by atoms with Crippen LogP contribution >= 0.6 is 11.3 Å². The van der Waals surface area contributed by atoms with Crippen molar-refractivity contribution in [2.24, 2.45) is 0 Å². The maximum atomic E-state index is 12.4. The summed E-state index contributed by atoms with van der Waals surface area (Å²) in [4.78, 5) is 26.4. The maximum Gasteiger partial charge on any atom is 0.445 e. The fourth-order valence-corrected chi connectivity index (χ4v) is 2.59. The molecule has 2 rings (SSSR count). The number of alkyl halides is 3. The fourth-order valence-electron chi connectivity index (χ4n) is 1.99. The number of rotatable bonds is 1. The quantitative estimate of drug-likeness (QED) is 0.845. The molecule has 0 aromatic carbocycles. The van der Waals surface area contributed by atoms with Crippen LogP contribution in [0.1, 0.15) is 18.4 Å². The van der Waals surface area contributed by atoms with E-state index in [1.165, 1.54) is 11.8 Å². The van der Waals surface area contributed by atoms with Gasteiger partial charge in [-0.1, -0.05) is 11.3 Å². The third-order valence-electron chi connectivity index (χ3n) is 3.11. The van der Waals surface area contributed by atoms with E-state index >= 15 is 0 Å². The molecule has 11 heteroatoms. The predicted molar refractivity (Wildman–Crippen MR) is 72.4 cm³/mol. The van der Waals surface area contributed by atoms with Crippen LogP contribution in [0.4, 0.5) is 23.1 Å². The Morgan fingerprint density at radius 1 is 1.14 bits per heavy atom. The Morgan fingerprint density at radius 2 is 1.77 bits per heavy atom. The van der Waals surface area contributed by atoms with E-state index in [-0.39, 0.29) is 22.4 Å². The molecule has 0 radical (unpaired) electrons. The largest absolute Gasteiger partial charge is 0.445 e. The lowest BCUT2D eigenvalue weighted by molar-refractivity contribution is -0.138. The molecule has 3 amide bonds. The number of amides is 3. The average Bonchev–Trinajstić information content (AvgIpc) is 2.74. The molecule has 0 saturated carbocycles. The lowest BCUT2D eigenvalue weighted by Gasteiger charge is -2.21. The molecule has 0 spiro atoms. The minimum absolute atomic E-state index is 0.0683. The first-order chi connectivity index (χ1) is 10.3.